The highest BCUT2D eigenvalue weighted by molar-refractivity contribution is 5.74. The number of halogens is 2. The zero-order valence-electron chi connectivity index (χ0n) is 20.4. The van der Waals surface area contributed by atoms with Crippen LogP contribution in [0.4, 0.5) is 8.78 Å². The lowest BCUT2D eigenvalue weighted by Gasteiger charge is -2.18. The number of alkyl halides is 2. The van der Waals surface area contributed by atoms with E-state index in [9.17, 15) is 18.4 Å². The molecular weight excluding hydrogens is 374 g/mol. The normalized spacial score (nSPS) is 27.8. The molecule has 0 radical (unpaired) electrons. The average molecular weight is 421 g/mol. The van der Waals surface area contributed by atoms with Crippen molar-refractivity contribution < 1.29 is 18.4 Å². The Hall–Kier alpha value is -1.20. The Kier molecular flexibility index (Phi) is 16.2. The van der Waals surface area contributed by atoms with E-state index < -0.39 is 11.8 Å². The van der Waals surface area contributed by atoms with Crippen molar-refractivity contribution in [2.75, 3.05) is 13.1 Å². The molecule has 0 aromatic rings. The van der Waals surface area contributed by atoms with Crippen molar-refractivity contribution in [2.45, 2.75) is 125 Å². The van der Waals surface area contributed by atoms with Crippen LogP contribution in [0.15, 0.2) is 0 Å². The maximum atomic E-state index is 13.3. The van der Waals surface area contributed by atoms with Crippen molar-refractivity contribution in [3.63, 3.8) is 0 Å². The Labute approximate surface area is 178 Å². The van der Waals surface area contributed by atoms with Gasteiger partial charge in [0.25, 0.3) is 0 Å². The zero-order valence-corrected chi connectivity index (χ0v) is 20.4. The van der Waals surface area contributed by atoms with Gasteiger partial charge in [-0.2, -0.15) is 0 Å². The van der Waals surface area contributed by atoms with E-state index in [1.807, 2.05) is 13.8 Å². The van der Waals surface area contributed by atoms with E-state index in [0.29, 0.717) is 12.8 Å². The first kappa shape index (κ1) is 30.0. The molecule has 29 heavy (non-hydrogen) atoms. The fourth-order valence-electron chi connectivity index (χ4n) is 3.13. The smallest absolute Gasteiger partial charge is 0.219 e. The number of hydrogen-bond acceptors (Lipinski definition) is 2. The quantitative estimate of drug-likeness (QED) is 0.555. The Morgan fingerprint density at radius 1 is 0.897 bits per heavy atom. The number of carbonyl (C=O) groups excluding carboxylic acids is 2. The highest BCUT2D eigenvalue weighted by Crippen LogP contribution is 2.29. The monoisotopic (exact) mass is 420 g/mol. The number of nitrogens with zero attached hydrogens (tertiary/aromatic N) is 2. The number of amides is 2. The van der Waals surface area contributed by atoms with Crippen LogP contribution < -0.4 is 0 Å². The predicted octanol–water partition coefficient (Wildman–Crippen LogP) is 5.93. The van der Waals surface area contributed by atoms with Crippen LogP contribution in [-0.4, -0.2) is 58.6 Å². The molecule has 2 saturated heterocycles. The minimum atomic E-state index is -1.18. The second kappa shape index (κ2) is 15.6. The molecule has 0 bridgehead atoms. The summed E-state index contributed by atoms with van der Waals surface area (Å²) in [5.74, 6) is -0.0495. The molecule has 0 N–H and O–H groups in total. The Morgan fingerprint density at radius 3 is 1.45 bits per heavy atom. The third-order valence-electron chi connectivity index (χ3n) is 5.09. The number of unbranched alkanes of at least 4 members (excludes halogenated alkanes) is 2. The summed E-state index contributed by atoms with van der Waals surface area (Å²) in [7, 11) is 0. The Balaban J connectivity index is 0. The second-order valence-corrected chi connectivity index (χ2v) is 8.47. The maximum absolute atomic E-state index is 13.3. The number of likely N-dealkylation sites (tertiary alicyclic amines) is 2. The van der Waals surface area contributed by atoms with E-state index in [4.69, 9.17) is 0 Å². The number of carbonyl (C=O) groups is 2. The lowest BCUT2D eigenvalue weighted by molar-refractivity contribution is -0.130. The SMILES string of the molecule is CC(=O)N1CC(C)(F)C[C@H]1C.CC(=O)N1CC(F)C[C@H]1C.CCCC.CCCC. The molecular formula is C23H46F2N2O2. The lowest BCUT2D eigenvalue weighted by Crippen LogP contribution is -2.33. The van der Waals surface area contributed by atoms with Gasteiger partial charge in [0.15, 0.2) is 0 Å². The molecule has 2 heterocycles. The summed E-state index contributed by atoms with van der Waals surface area (Å²) in [6, 6.07) is 0.148. The van der Waals surface area contributed by atoms with Crippen molar-refractivity contribution in [3.05, 3.63) is 0 Å². The molecule has 0 aromatic carbocycles. The molecule has 0 spiro atoms. The zero-order chi connectivity index (χ0) is 23.2. The molecule has 0 saturated carbocycles. The molecule has 2 amide bonds. The van der Waals surface area contributed by atoms with Crippen LogP contribution in [-0.2, 0) is 9.59 Å². The number of rotatable bonds is 2. The second-order valence-electron chi connectivity index (χ2n) is 8.47. The van der Waals surface area contributed by atoms with E-state index >= 15 is 0 Å². The first-order valence-corrected chi connectivity index (χ1v) is 11.2. The topological polar surface area (TPSA) is 40.6 Å². The molecule has 2 unspecified atom stereocenters. The van der Waals surface area contributed by atoms with Gasteiger partial charge in [0.05, 0.1) is 13.1 Å². The minimum Gasteiger partial charge on any atom is -0.337 e. The molecule has 2 rings (SSSR count). The van der Waals surface area contributed by atoms with Crippen molar-refractivity contribution in [3.8, 4) is 0 Å². The van der Waals surface area contributed by atoms with Gasteiger partial charge in [0.2, 0.25) is 11.8 Å². The molecule has 4 atom stereocenters. The fraction of sp³-hybridized carbons (Fsp3) is 0.913. The van der Waals surface area contributed by atoms with Gasteiger partial charge in [-0.15, -0.1) is 0 Å². The van der Waals surface area contributed by atoms with Crippen LogP contribution in [0.1, 0.15) is 101 Å². The van der Waals surface area contributed by atoms with Crippen LogP contribution in [0.2, 0.25) is 0 Å². The summed E-state index contributed by atoms with van der Waals surface area (Å²) in [5, 5.41) is 0. The van der Waals surface area contributed by atoms with Gasteiger partial charge >= 0.3 is 0 Å². The summed E-state index contributed by atoms with van der Waals surface area (Å²) < 4.78 is 25.9. The van der Waals surface area contributed by atoms with Crippen LogP contribution >= 0.6 is 0 Å². The molecule has 174 valence electrons. The fourth-order valence-corrected chi connectivity index (χ4v) is 3.13. The van der Waals surface area contributed by atoms with Crippen LogP contribution in [0.5, 0.6) is 0 Å². The maximum Gasteiger partial charge on any atom is 0.219 e. The first-order chi connectivity index (χ1) is 13.4. The first-order valence-electron chi connectivity index (χ1n) is 11.2. The molecule has 2 aliphatic rings. The van der Waals surface area contributed by atoms with Gasteiger partial charge in [0, 0.05) is 38.8 Å². The molecule has 2 fully saturated rings. The lowest BCUT2D eigenvalue weighted by atomic mass is 10.1. The summed E-state index contributed by atoms with van der Waals surface area (Å²) >= 11 is 0. The van der Waals surface area contributed by atoms with Crippen molar-refractivity contribution >= 4 is 11.8 Å². The van der Waals surface area contributed by atoms with Gasteiger partial charge in [-0.1, -0.05) is 53.4 Å². The molecule has 0 aromatic heterocycles. The van der Waals surface area contributed by atoms with Gasteiger partial charge in [-0.3, -0.25) is 9.59 Å². The van der Waals surface area contributed by atoms with E-state index in [-0.39, 0.29) is 37.0 Å². The van der Waals surface area contributed by atoms with Crippen LogP contribution in [0, 0.1) is 0 Å². The van der Waals surface area contributed by atoms with Crippen molar-refractivity contribution in [2.24, 2.45) is 0 Å². The van der Waals surface area contributed by atoms with Gasteiger partial charge in [-0.05, 0) is 20.8 Å². The van der Waals surface area contributed by atoms with Crippen molar-refractivity contribution in [1.29, 1.82) is 0 Å². The average Bonchev–Trinajstić information content (AvgIpc) is 3.12. The van der Waals surface area contributed by atoms with E-state index in [1.54, 1.807) is 16.7 Å². The van der Waals surface area contributed by atoms with Crippen molar-refractivity contribution in [1.82, 2.24) is 9.80 Å². The summed E-state index contributed by atoms with van der Waals surface area (Å²) in [6.07, 6.45) is 5.44. The van der Waals surface area contributed by atoms with Gasteiger partial charge in [0.1, 0.15) is 11.8 Å². The van der Waals surface area contributed by atoms with E-state index in [2.05, 4.69) is 27.7 Å². The largest absolute Gasteiger partial charge is 0.337 e. The summed E-state index contributed by atoms with van der Waals surface area (Å²) in [4.78, 5) is 24.8. The van der Waals surface area contributed by atoms with E-state index in [1.165, 1.54) is 39.5 Å². The molecule has 4 nitrogen and oxygen atoms in total. The van der Waals surface area contributed by atoms with Crippen LogP contribution in [0.3, 0.4) is 0 Å². The highest BCUT2D eigenvalue weighted by Gasteiger charge is 2.39. The molecule has 0 aliphatic carbocycles. The summed E-state index contributed by atoms with van der Waals surface area (Å²) in [6.45, 7) is 17.5. The van der Waals surface area contributed by atoms with Gasteiger partial charge in [-0.25, -0.2) is 8.78 Å². The van der Waals surface area contributed by atoms with Gasteiger partial charge < -0.3 is 9.80 Å². The minimum absolute atomic E-state index is 0.0207. The number of hydrogen-bond donors (Lipinski definition) is 0. The Morgan fingerprint density at radius 2 is 1.31 bits per heavy atom. The predicted molar refractivity (Wildman–Crippen MR) is 119 cm³/mol. The van der Waals surface area contributed by atoms with E-state index in [0.717, 1.165) is 0 Å². The third-order valence-corrected chi connectivity index (χ3v) is 5.09. The molecule has 6 heteroatoms. The molecule has 2 aliphatic heterocycles. The standard InChI is InChI=1S/C8H14FNO.C7H12FNO.2C4H10/c1-6-4-8(3,9)5-10(6)7(2)11;1-5-3-7(8)4-9(5)6(2)10;2*1-3-4-2/h6H,4-5H2,1-3H3;5,7H,3-4H2,1-2H3;2*3-4H2,1-2H3/t6-,8?;5-,7?;;/m11../s1. The Bertz CT molecular complexity index is 450. The summed E-state index contributed by atoms with van der Waals surface area (Å²) in [5.41, 5.74) is -1.18. The highest BCUT2D eigenvalue weighted by atomic mass is 19.1. The third kappa shape index (κ3) is 13.6. The van der Waals surface area contributed by atoms with Crippen LogP contribution in [0.25, 0.3) is 0 Å².